The summed E-state index contributed by atoms with van der Waals surface area (Å²) in [6.07, 6.45) is 2.35. The van der Waals surface area contributed by atoms with Crippen molar-refractivity contribution in [3.8, 4) is 16.9 Å². The highest BCUT2D eigenvalue weighted by molar-refractivity contribution is 8.33. The van der Waals surface area contributed by atoms with Crippen LogP contribution in [0.3, 0.4) is 0 Å². The van der Waals surface area contributed by atoms with Crippen molar-refractivity contribution in [2.45, 2.75) is 35.0 Å². The second-order valence-corrected chi connectivity index (χ2v) is 10.4. The first-order valence-electron chi connectivity index (χ1n) is 9.36. The van der Waals surface area contributed by atoms with Gasteiger partial charge >= 0.3 is 5.97 Å². The molecule has 0 saturated carbocycles. The summed E-state index contributed by atoms with van der Waals surface area (Å²) in [6, 6.07) is 21.6. The molecule has 0 unspecified atom stereocenters. The number of hydrogen-bond acceptors (Lipinski definition) is 3. The molecule has 0 amide bonds. The minimum absolute atomic E-state index is 0.00431. The predicted molar refractivity (Wildman–Crippen MR) is 113 cm³/mol. The number of aryl methyl sites for hydroxylation is 2. The number of carbonyl (C=O) groups excluding carboxylic acids is 1. The standard InChI is InChI=1S/C24H24O3S/c1-16-14-18(15-17(2)24(16)27-23(26)12-13-25)28(3)21-10-6-4-8-19(21)20-9-5-7-11-22(20)28/h4-11,14-15,25H,12-13H2,1-3H3. The summed E-state index contributed by atoms with van der Waals surface area (Å²) >= 11 is 0. The van der Waals surface area contributed by atoms with E-state index in [1.165, 1.54) is 25.8 Å². The van der Waals surface area contributed by atoms with Crippen LogP contribution >= 0.6 is 10.0 Å². The minimum atomic E-state index is -1.38. The van der Waals surface area contributed by atoms with E-state index in [9.17, 15) is 4.79 Å². The van der Waals surface area contributed by atoms with Crippen molar-refractivity contribution in [2.24, 2.45) is 0 Å². The van der Waals surface area contributed by atoms with Crippen LogP contribution in [-0.2, 0) is 4.79 Å². The Bertz CT molecular complexity index is 1000. The Labute approximate surface area is 167 Å². The molecule has 3 aromatic carbocycles. The van der Waals surface area contributed by atoms with Gasteiger partial charge in [0.15, 0.2) is 0 Å². The predicted octanol–water partition coefficient (Wildman–Crippen LogP) is 5.48. The average Bonchev–Trinajstić information content (AvgIpc) is 2.95. The lowest BCUT2D eigenvalue weighted by atomic mass is 10.1. The van der Waals surface area contributed by atoms with Crippen molar-refractivity contribution in [1.82, 2.24) is 0 Å². The second kappa shape index (κ2) is 7.12. The molecule has 1 aliphatic rings. The van der Waals surface area contributed by atoms with E-state index in [0.29, 0.717) is 5.75 Å². The molecule has 3 aromatic rings. The Hall–Kier alpha value is -2.56. The Balaban J connectivity index is 1.86. The van der Waals surface area contributed by atoms with E-state index < -0.39 is 16.0 Å². The van der Waals surface area contributed by atoms with Gasteiger partial charge in [0.1, 0.15) is 5.75 Å². The van der Waals surface area contributed by atoms with Gasteiger partial charge in [-0.25, -0.2) is 0 Å². The monoisotopic (exact) mass is 392 g/mol. The van der Waals surface area contributed by atoms with Crippen LogP contribution in [0.2, 0.25) is 0 Å². The van der Waals surface area contributed by atoms with Crippen molar-refractivity contribution >= 4 is 16.0 Å². The molecule has 0 saturated heterocycles. The summed E-state index contributed by atoms with van der Waals surface area (Å²) in [5.74, 6) is 0.196. The fraction of sp³-hybridized carbons (Fsp3) is 0.208. The van der Waals surface area contributed by atoms with Gasteiger partial charge in [0.05, 0.1) is 13.0 Å². The lowest BCUT2D eigenvalue weighted by Gasteiger charge is -2.35. The fourth-order valence-corrected chi connectivity index (χ4v) is 7.53. The number of hydrogen-bond donors (Lipinski definition) is 1. The van der Waals surface area contributed by atoms with Gasteiger partial charge in [0.2, 0.25) is 0 Å². The van der Waals surface area contributed by atoms with Gasteiger partial charge in [-0.15, -0.1) is 0 Å². The van der Waals surface area contributed by atoms with Crippen LogP contribution in [0, 0.1) is 13.8 Å². The zero-order valence-electron chi connectivity index (χ0n) is 16.4. The van der Waals surface area contributed by atoms with E-state index in [-0.39, 0.29) is 13.0 Å². The zero-order valence-corrected chi connectivity index (χ0v) is 17.2. The number of aliphatic hydroxyl groups is 1. The number of carbonyl (C=O) groups is 1. The maximum absolute atomic E-state index is 11.9. The third-order valence-corrected chi connectivity index (χ3v) is 9.03. The van der Waals surface area contributed by atoms with Gasteiger partial charge < -0.3 is 9.84 Å². The lowest BCUT2D eigenvalue weighted by Crippen LogP contribution is -2.11. The molecule has 0 spiro atoms. The van der Waals surface area contributed by atoms with E-state index in [2.05, 4.69) is 66.9 Å². The summed E-state index contributed by atoms with van der Waals surface area (Å²) in [7, 11) is -1.38. The largest absolute Gasteiger partial charge is 0.426 e. The van der Waals surface area contributed by atoms with Crippen molar-refractivity contribution in [3.63, 3.8) is 0 Å². The number of esters is 1. The average molecular weight is 393 g/mol. The van der Waals surface area contributed by atoms with Crippen LogP contribution in [0.5, 0.6) is 5.75 Å². The molecule has 4 heteroatoms. The van der Waals surface area contributed by atoms with E-state index in [1.54, 1.807) is 0 Å². The van der Waals surface area contributed by atoms with Crippen molar-refractivity contribution in [2.75, 3.05) is 12.9 Å². The molecule has 1 aliphatic heterocycles. The molecule has 0 radical (unpaired) electrons. The molecule has 0 fully saturated rings. The summed E-state index contributed by atoms with van der Waals surface area (Å²) < 4.78 is 5.52. The maximum atomic E-state index is 11.9. The van der Waals surface area contributed by atoms with Crippen LogP contribution in [0.15, 0.2) is 75.4 Å². The Morgan fingerprint density at radius 3 is 1.93 bits per heavy atom. The molecular weight excluding hydrogens is 368 g/mol. The highest BCUT2D eigenvalue weighted by Gasteiger charge is 2.36. The lowest BCUT2D eigenvalue weighted by molar-refractivity contribution is -0.135. The highest BCUT2D eigenvalue weighted by Crippen LogP contribution is 2.73. The molecule has 1 heterocycles. The van der Waals surface area contributed by atoms with Crippen LogP contribution in [0.25, 0.3) is 11.1 Å². The Kier molecular flexibility index (Phi) is 4.77. The molecule has 4 rings (SSSR count). The second-order valence-electron chi connectivity index (χ2n) is 7.24. The minimum Gasteiger partial charge on any atom is -0.426 e. The quantitative estimate of drug-likeness (QED) is 0.472. The van der Waals surface area contributed by atoms with Crippen LogP contribution in [-0.4, -0.2) is 23.9 Å². The van der Waals surface area contributed by atoms with E-state index in [0.717, 1.165) is 11.1 Å². The summed E-state index contributed by atoms with van der Waals surface area (Å²) in [5, 5.41) is 8.96. The Morgan fingerprint density at radius 1 is 0.929 bits per heavy atom. The SMILES string of the molecule is Cc1cc(S2(C)c3ccccc3-c3ccccc32)cc(C)c1OC(=O)CCO. The molecule has 3 nitrogen and oxygen atoms in total. The normalized spacial score (nSPS) is 14.9. The molecule has 144 valence electrons. The van der Waals surface area contributed by atoms with Gasteiger partial charge in [0.25, 0.3) is 0 Å². The summed E-state index contributed by atoms with van der Waals surface area (Å²) in [6.45, 7) is 3.76. The van der Waals surface area contributed by atoms with Gasteiger partial charge in [0, 0.05) is 9.79 Å². The maximum Gasteiger partial charge on any atom is 0.313 e. The van der Waals surface area contributed by atoms with Gasteiger partial charge in [-0.2, -0.15) is 10.0 Å². The molecule has 0 aliphatic carbocycles. The number of ether oxygens (including phenoxy) is 1. The van der Waals surface area contributed by atoms with Crippen molar-refractivity contribution < 1.29 is 14.6 Å². The van der Waals surface area contributed by atoms with E-state index >= 15 is 0 Å². The number of aliphatic hydroxyl groups excluding tert-OH is 1. The van der Waals surface area contributed by atoms with Crippen LogP contribution in [0.1, 0.15) is 17.5 Å². The molecule has 0 atom stereocenters. The topological polar surface area (TPSA) is 46.5 Å². The van der Waals surface area contributed by atoms with Crippen LogP contribution in [0.4, 0.5) is 0 Å². The molecule has 1 N–H and O–H groups in total. The fourth-order valence-electron chi connectivity index (χ4n) is 4.03. The zero-order chi connectivity index (χ0) is 19.9. The first kappa shape index (κ1) is 18.8. The number of fused-ring (bicyclic) bond motifs is 3. The molecule has 0 aromatic heterocycles. The first-order valence-corrected chi connectivity index (χ1v) is 11.4. The Morgan fingerprint density at radius 2 is 1.43 bits per heavy atom. The number of benzene rings is 3. The van der Waals surface area contributed by atoms with Crippen molar-refractivity contribution in [3.05, 3.63) is 71.8 Å². The molecule has 28 heavy (non-hydrogen) atoms. The van der Waals surface area contributed by atoms with Gasteiger partial charge in [-0.3, -0.25) is 4.79 Å². The molecular formula is C24H24O3S. The van der Waals surface area contributed by atoms with E-state index in [4.69, 9.17) is 9.84 Å². The summed E-state index contributed by atoms with van der Waals surface area (Å²) in [5.41, 5.74) is 4.50. The molecule has 0 bridgehead atoms. The van der Waals surface area contributed by atoms with Crippen molar-refractivity contribution in [1.29, 1.82) is 0 Å². The van der Waals surface area contributed by atoms with Crippen LogP contribution < -0.4 is 4.74 Å². The third-order valence-electron chi connectivity index (χ3n) is 5.38. The van der Waals surface area contributed by atoms with Gasteiger partial charge in [-0.05, 0) is 71.5 Å². The smallest absolute Gasteiger partial charge is 0.313 e. The number of rotatable bonds is 4. The first-order chi connectivity index (χ1) is 13.5. The van der Waals surface area contributed by atoms with E-state index in [1.807, 2.05) is 13.8 Å². The van der Waals surface area contributed by atoms with Gasteiger partial charge in [-0.1, -0.05) is 36.4 Å². The highest BCUT2D eigenvalue weighted by atomic mass is 32.3. The third kappa shape index (κ3) is 2.84. The summed E-state index contributed by atoms with van der Waals surface area (Å²) in [4.78, 5) is 15.9.